The number of carbonyl (C=O) groups is 2. The molecular weight excluding hydrogens is 644 g/mol. The summed E-state index contributed by atoms with van der Waals surface area (Å²) in [6.07, 6.45) is 1.80. The molecule has 1 amide bonds. The Morgan fingerprint density at radius 1 is 0.949 bits per heavy atom. The van der Waals surface area contributed by atoms with Crippen LogP contribution in [0.25, 0.3) is 6.08 Å². The van der Waals surface area contributed by atoms with Gasteiger partial charge in [0.1, 0.15) is 12.4 Å². The van der Waals surface area contributed by atoms with E-state index in [2.05, 4.69) is 31.9 Å². The minimum atomic E-state index is -0.981. The maximum Gasteiger partial charge on any atom is 0.335 e. The van der Waals surface area contributed by atoms with Crippen LogP contribution in [0.3, 0.4) is 0 Å². The monoisotopic (exact) mass is 662 g/mol. The highest BCUT2D eigenvalue weighted by molar-refractivity contribution is 9.11. The fourth-order valence-corrected chi connectivity index (χ4v) is 6.21. The van der Waals surface area contributed by atoms with Crippen LogP contribution in [0.1, 0.15) is 21.5 Å². The largest absolute Gasteiger partial charge is 0.487 e. The fraction of sp³-hybridized carbons (Fsp3) is 0.0333. The molecule has 4 aromatic rings. The van der Waals surface area contributed by atoms with E-state index in [4.69, 9.17) is 14.8 Å². The molecule has 6 nitrogen and oxygen atoms in total. The number of carbonyl (C=O) groups excluding carboxylic acids is 1. The first-order valence-electron chi connectivity index (χ1n) is 11.8. The standard InChI is InChI=1S/C30H20Br2N2O4S/c31-22-15-21(27(25(32)17-22)38-18-19-11-13-20(14-12-19)29(36)37)16-26-28(35)34(24-9-5-2-6-10-24)30(39-26)33-23-7-3-1-4-8-23/h1-17H,18H2,(H,36,37)/b26-16+,33-30?. The van der Waals surface area contributed by atoms with Crippen molar-refractivity contribution in [1.82, 2.24) is 0 Å². The molecule has 1 aliphatic rings. The number of aromatic carboxylic acids is 1. The van der Waals surface area contributed by atoms with Crippen molar-refractivity contribution < 1.29 is 19.4 Å². The summed E-state index contributed by atoms with van der Waals surface area (Å²) in [6, 6.07) is 29.2. The van der Waals surface area contributed by atoms with E-state index in [1.807, 2.05) is 72.8 Å². The second-order valence-electron chi connectivity index (χ2n) is 8.41. The van der Waals surface area contributed by atoms with Crippen molar-refractivity contribution in [2.75, 3.05) is 4.90 Å². The van der Waals surface area contributed by atoms with E-state index in [0.29, 0.717) is 25.9 Å². The van der Waals surface area contributed by atoms with Gasteiger partial charge in [0.2, 0.25) is 0 Å². The molecule has 0 radical (unpaired) electrons. The van der Waals surface area contributed by atoms with Crippen molar-refractivity contribution in [2.24, 2.45) is 4.99 Å². The number of hydrogen-bond donors (Lipinski definition) is 1. The summed E-state index contributed by atoms with van der Waals surface area (Å²) in [6.45, 7) is 0.217. The topological polar surface area (TPSA) is 79.2 Å². The number of halogens is 2. The van der Waals surface area contributed by atoms with Crippen molar-refractivity contribution >= 4 is 78.1 Å². The summed E-state index contributed by atoms with van der Waals surface area (Å²) >= 11 is 8.42. The second kappa shape index (κ2) is 12.0. The third-order valence-corrected chi connectivity index (χ3v) is 7.73. The highest BCUT2D eigenvalue weighted by Crippen LogP contribution is 2.40. The Hall–Kier alpha value is -3.66. The van der Waals surface area contributed by atoms with Crippen molar-refractivity contribution in [3.05, 3.63) is 128 Å². The van der Waals surface area contributed by atoms with Crippen LogP contribution in [-0.2, 0) is 11.4 Å². The summed E-state index contributed by atoms with van der Waals surface area (Å²) in [7, 11) is 0. The molecule has 9 heteroatoms. The van der Waals surface area contributed by atoms with Gasteiger partial charge in [0.15, 0.2) is 5.17 Å². The number of para-hydroxylation sites is 2. The number of amides is 1. The molecule has 39 heavy (non-hydrogen) atoms. The van der Waals surface area contributed by atoms with E-state index >= 15 is 0 Å². The third-order valence-electron chi connectivity index (χ3n) is 5.71. The predicted octanol–water partition coefficient (Wildman–Crippen LogP) is 8.30. The first-order valence-corrected chi connectivity index (χ1v) is 14.2. The van der Waals surface area contributed by atoms with E-state index in [-0.39, 0.29) is 18.1 Å². The summed E-state index contributed by atoms with van der Waals surface area (Å²) < 4.78 is 7.69. The normalized spacial score (nSPS) is 15.2. The van der Waals surface area contributed by atoms with Gasteiger partial charge in [0, 0.05) is 10.0 Å². The summed E-state index contributed by atoms with van der Waals surface area (Å²) in [5, 5.41) is 9.70. The Bertz CT molecular complexity index is 1590. The Morgan fingerprint density at radius 2 is 1.62 bits per heavy atom. The van der Waals surface area contributed by atoms with Crippen LogP contribution in [0.2, 0.25) is 0 Å². The SMILES string of the molecule is O=C(O)c1ccc(COc2c(Br)cc(Br)cc2/C=C2/SC(=Nc3ccccc3)N(c3ccccc3)C2=O)cc1. The Morgan fingerprint density at radius 3 is 2.28 bits per heavy atom. The van der Waals surface area contributed by atoms with Gasteiger partial charge in [0.05, 0.1) is 26.3 Å². The Kier molecular flexibility index (Phi) is 8.30. The molecule has 5 rings (SSSR count). The van der Waals surface area contributed by atoms with E-state index in [1.54, 1.807) is 35.2 Å². The number of hydrogen-bond acceptors (Lipinski definition) is 5. The number of rotatable bonds is 7. The zero-order valence-corrected chi connectivity index (χ0v) is 24.2. The number of benzene rings is 4. The summed E-state index contributed by atoms with van der Waals surface area (Å²) in [5.74, 6) is -0.612. The highest BCUT2D eigenvalue weighted by Gasteiger charge is 2.35. The minimum absolute atomic E-state index is 0.188. The fourth-order valence-electron chi connectivity index (χ4n) is 3.85. The van der Waals surface area contributed by atoms with Crippen LogP contribution in [0.4, 0.5) is 11.4 Å². The highest BCUT2D eigenvalue weighted by atomic mass is 79.9. The van der Waals surface area contributed by atoms with Crippen molar-refractivity contribution in [3.8, 4) is 5.75 Å². The third kappa shape index (κ3) is 6.33. The van der Waals surface area contributed by atoms with Crippen molar-refractivity contribution in [3.63, 3.8) is 0 Å². The lowest BCUT2D eigenvalue weighted by atomic mass is 10.1. The molecule has 0 atom stereocenters. The minimum Gasteiger partial charge on any atom is -0.487 e. The van der Waals surface area contributed by atoms with Crippen LogP contribution >= 0.6 is 43.6 Å². The predicted molar refractivity (Wildman–Crippen MR) is 163 cm³/mol. The number of thioether (sulfide) groups is 1. The van der Waals surface area contributed by atoms with Gasteiger partial charge in [0.25, 0.3) is 5.91 Å². The van der Waals surface area contributed by atoms with Gasteiger partial charge >= 0.3 is 5.97 Å². The number of aliphatic imine (C=N–C) groups is 1. The lowest BCUT2D eigenvalue weighted by Crippen LogP contribution is -2.28. The van der Waals surface area contributed by atoms with Crippen LogP contribution in [0.5, 0.6) is 5.75 Å². The molecule has 0 spiro atoms. The summed E-state index contributed by atoms with van der Waals surface area (Å²) in [4.78, 5) is 31.7. The van der Waals surface area contributed by atoms with E-state index in [1.165, 1.54) is 11.8 Å². The molecule has 1 aliphatic heterocycles. The van der Waals surface area contributed by atoms with Gasteiger partial charge < -0.3 is 9.84 Å². The van der Waals surface area contributed by atoms with E-state index in [0.717, 1.165) is 21.4 Å². The molecule has 1 saturated heterocycles. The number of nitrogens with zero attached hydrogens (tertiary/aromatic N) is 2. The van der Waals surface area contributed by atoms with Crippen LogP contribution in [-0.4, -0.2) is 22.2 Å². The lowest BCUT2D eigenvalue weighted by molar-refractivity contribution is -0.113. The average Bonchev–Trinajstić information content (AvgIpc) is 3.23. The summed E-state index contributed by atoms with van der Waals surface area (Å²) in [5.41, 5.74) is 3.19. The molecule has 1 fully saturated rings. The zero-order chi connectivity index (χ0) is 27.4. The number of anilines is 1. The number of ether oxygens (including phenoxy) is 1. The second-order valence-corrected chi connectivity index (χ2v) is 11.2. The molecule has 0 unspecified atom stereocenters. The molecule has 194 valence electrons. The lowest BCUT2D eigenvalue weighted by Gasteiger charge is -2.15. The van der Waals surface area contributed by atoms with E-state index < -0.39 is 5.97 Å². The molecule has 0 aromatic heterocycles. The van der Waals surface area contributed by atoms with Gasteiger partial charge in [-0.25, -0.2) is 9.79 Å². The Balaban J connectivity index is 1.49. The van der Waals surface area contributed by atoms with Crippen LogP contribution < -0.4 is 9.64 Å². The zero-order valence-electron chi connectivity index (χ0n) is 20.3. The molecular formula is C30H20Br2N2O4S. The molecule has 1 heterocycles. The smallest absolute Gasteiger partial charge is 0.335 e. The van der Waals surface area contributed by atoms with Gasteiger partial charge in [-0.2, -0.15) is 0 Å². The maximum absolute atomic E-state index is 13.7. The molecule has 0 aliphatic carbocycles. The molecule has 0 bridgehead atoms. The maximum atomic E-state index is 13.7. The van der Waals surface area contributed by atoms with Gasteiger partial charge in [-0.05, 0) is 87.9 Å². The van der Waals surface area contributed by atoms with E-state index in [9.17, 15) is 9.59 Å². The average molecular weight is 664 g/mol. The number of carboxylic acid groups (broad SMARTS) is 1. The molecule has 0 saturated carbocycles. The number of carboxylic acids is 1. The van der Waals surface area contributed by atoms with Crippen molar-refractivity contribution in [1.29, 1.82) is 0 Å². The first kappa shape index (κ1) is 26.9. The van der Waals surface area contributed by atoms with Crippen LogP contribution in [0.15, 0.2) is 116 Å². The van der Waals surface area contributed by atoms with Gasteiger partial charge in [-0.1, -0.05) is 64.5 Å². The van der Waals surface area contributed by atoms with Gasteiger partial charge in [-0.15, -0.1) is 0 Å². The molecule has 4 aromatic carbocycles. The Labute approximate surface area is 246 Å². The quantitative estimate of drug-likeness (QED) is 0.201. The molecule has 1 N–H and O–H groups in total. The van der Waals surface area contributed by atoms with Crippen molar-refractivity contribution in [2.45, 2.75) is 6.61 Å². The number of amidine groups is 1. The first-order chi connectivity index (χ1) is 18.9. The van der Waals surface area contributed by atoms with Crippen LogP contribution in [0, 0.1) is 0 Å². The van der Waals surface area contributed by atoms with Gasteiger partial charge in [-0.3, -0.25) is 9.69 Å².